The molecule has 9 heteroatoms. The molecule has 3 aliphatic rings. The summed E-state index contributed by atoms with van der Waals surface area (Å²) in [6.45, 7) is 0.994. The second-order valence-electron chi connectivity index (χ2n) is 10.0. The molecule has 0 spiro atoms. The molecule has 4 unspecified atom stereocenters. The fourth-order valence-electron chi connectivity index (χ4n) is 5.98. The third-order valence-corrected chi connectivity index (χ3v) is 7.73. The van der Waals surface area contributed by atoms with Gasteiger partial charge in [0.25, 0.3) is 11.8 Å². The first-order valence-corrected chi connectivity index (χ1v) is 12.3. The molecule has 0 aliphatic carbocycles. The molecule has 188 valence electrons. The van der Waals surface area contributed by atoms with Crippen molar-refractivity contribution in [1.82, 2.24) is 10.2 Å². The molecular formula is C27H29FN4O4. The minimum Gasteiger partial charge on any atom is -0.380 e. The lowest BCUT2D eigenvalue weighted by molar-refractivity contribution is -0.153. The fourth-order valence-corrected chi connectivity index (χ4v) is 5.98. The maximum atomic E-state index is 13.6. The van der Waals surface area contributed by atoms with Crippen LogP contribution < -0.4 is 10.2 Å². The van der Waals surface area contributed by atoms with Crippen LogP contribution >= 0.6 is 0 Å². The van der Waals surface area contributed by atoms with E-state index >= 15 is 0 Å². The molecule has 36 heavy (non-hydrogen) atoms. The first kappa shape index (κ1) is 24.2. The van der Waals surface area contributed by atoms with Crippen LogP contribution in [0.5, 0.6) is 0 Å². The summed E-state index contributed by atoms with van der Waals surface area (Å²) in [4.78, 5) is 28.9. The SMILES string of the molecule is N#Cc1cc(F)ccc1N1C2CC[C@H]1CC(CNC(=O)C(O)C(O)C(=O)N1Cc3ccccc3C1)C2. The van der Waals surface area contributed by atoms with Gasteiger partial charge in [0.2, 0.25) is 0 Å². The van der Waals surface area contributed by atoms with Gasteiger partial charge in [0.15, 0.2) is 12.2 Å². The van der Waals surface area contributed by atoms with Crippen LogP contribution in [0.3, 0.4) is 0 Å². The number of hydrogen-bond donors (Lipinski definition) is 3. The Balaban J connectivity index is 1.15. The van der Waals surface area contributed by atoms with Crippen molar-refractivity contribution in [2.24, 2.45) is 5.92 Å². The highest BCUT2D eigenvalue weighted by Crippen LogP contribution is 2.42. The zero-order valence-electron chi connectivity index (χ0n) is 19.8. The van der Waals surface area contributed by atoms with E-state index in [1.807, 2.05) is 24.3 Å². The topological polar surface area (TPSA) is 117 Å². The van der Waals surface area contributed by atoms with Crippen molar-refractivity contribution in [3.63, 3.8) is 0 Å². The van der Waals surface area contributed by atoms with Gasteiger partial charge < -0.3 is 25.3 Å². The maximum absolute atomic E-state index is 13.6. The van der Waals surface area contributed by atoms with Gasteiger partial charge in [0.05, 0.1) is 11.3 Å². The van der Waals surface area contributed by atoms with Crippen molar-refractivity contribution in [2.75, 3.05) is 11.4 Å². The minimum absolute atomic E-state index is 0.154. The van der Waals surface area contributed by atoms with Crippen LogP contribution in [0.4, 0.5) is 10.1 Å². The number of amides is 2. The number of carbonyl (C=O) groups excluding carboxylic acids is 2. The van der Waals surface area contributed by atoms with Crippen molar-refractivity contribution >= 4 is 17.5 Å². The van der Waals surface area contributed by atoms with E-state index in [0.29, 0.717) is 25.2 Å². The molecule has 5 atom stereocenters. The predicted octanol–water partition coefficient (Wildman–Crippen LogP) is 1.83. The minimum atomic E-state index is -1.85. The van der Waals surface area contributed by atoms with Gasteiger partial charge >= 0.3 is 0 Å². The van der Waals surface area contributed by atoms with E-state index in [2.05, 4.69) is 16.3 Å². The number of rotatable bonds is 6. The third kappa shape index (κ3) is 4.54. The van der Waals surface area contributed by atoms with Crippen molar-refractivity contribution in [3.05, 3.63) is 65.0 Å². The Kier molecular flexibility index (Phi) is 6.65. The number of anilines is 1. The van der Waals surface area contributed by atoms with Gasteiger partial charge in [0, 0.05) is 31.7 Å². The average molecular weight is 493 g/mol. The van der Waals surface area contributed by atoms with Crippen LogP contribution in [-0.2, 0) is 22.7 Å². The Morgan fingerprint density at radius 1 is 1.06 bits per heavy atom. The summed E-state index contributed by atoms with van der Waals surface area (Å²) in [5, 5.41) is 32.9. The smallest absolute Gasteiger partial charge is 0.255 e. The highest BCUT2D eigenvalue weighted by Gasteiger charge is 2.42. The Morgan fingerprint density at radius 3 is 2.31 bits per heavy atom. The van der Waals surface area contributed by atoms with Crippen molar-refractivity contribution in [2.45, 2.75) is 63.1 Å². The monoisotopic (exact) mass is 492 g/mol. The van der Waals surface area contributed by atoms with Crippen LogP contribution in [-0.4, -0.2) is 57.8 Å². The highest BCUT2D eigenvalue weighted by molar-refractivity contribution is 5.91. The lowest BCUT2D eigenvalue weighted by Gasteiger charge is -2.41. The summed E-state index contributed by atoms with van der Waals surface area (Å²) >= 11 is 0. The van der Waals surface area contributed by atoms with Crippen molar-refractivity contribution < 1.29 is 24.2 Å². The molecule has 2 aromatic carbocycles. The molecule has 5 rings (SSSR count). The Labute approximate surface area is 208 Å². The molecule has 3 aliphatic heterocycles. The van der Waals surface area contributed by atoms with Gasteiger partial charge in [-0.1, -0.05) is 24.3 Å². The Morgan fingerprint density at radius 2 is 1.69 bits per heavy atom. The van der Waals surface area contributed by atoms with E-state index in [-0.39, 0.29) is 18.0 Å². The number of aliphatic hydroxyl groups excluding tert-OH is 2. The molecule has 0 saturated carbocycles. The zero-order valence-corrected chi connectivity index (χ0v) is 19.8. The Hall–Kier alpha value is -3.48. The average Bonchev–Trinajstić information content (AvgIpc) is 3.43. The molecular weight excluding hydrogens is 463 g/mol. The van der Waals surface area contributed by atoms with E-state index in [1.165, 1.54) is 17.0 Å². The Bertz CT molecular complexity index is 1180. The van der Waals surface area contributed by atoms with Gasteiger partial charge in [-0.3, -0.25) is 9.59 Å². The summed E-state index contributed by atoms with van der Waals surface area (Å²) in [5.74, 6) is -1.73. The summed E-state index contributed by atoms with van der Waals surface area (Å²) in [6, 6.07) is 14.3. The number of nitriles is 1. The number of benzene rings is 2. The van der Waals surface area contributed by atoms with Gasteiger partial charge in [-0.15, -0.1) is 0 Å². The van der Waals surface area contributed by atoms with Crippen LogP contribution in [0.1, 0.15) is 42.4 Å². The van der Waals surface area contributed by atoms with E-state index < -0.39 is 29.8 Å². The zero-order chi connectivity index (χ0) is 25.4. The van der Waals surface area contributed by atoms with Crippen LogP contribution in [0.15, 0.2) is 42.5 Å². The predicted molar refractivity (Wildman–Crippen MR) is 129 cm³/mol. The molecule has 2 bridgehead atoms. The second kappa shape index (κ2) is 9.88. The standard InChI is InChI=1S/C27H29FN4O4/c28-20-5-8-23(19(11-20)12-29)32-21-6-7-22(32)10-16(9-21)13-30-26(35)24(33)25(34)27(36)31-14-17-3-1-2-4-18(17)15-31/h1-5,8,11,16,21-22,24-25,33-34H,6-7,9-10,13-15H2,(H,30,35)/t16?,21-,22?,24?,25?/m0/s1. The van der Waals surface area contributed by atoms with Crippen LogP contribution in [0, 0.1) is 23.1 Å². The number of hydrogen-bond acceptors (Lipinski definition) is 6. The lowest BCUT2D eigenvalue weighted by Crippen LogP contribution is -2.51. The van der Waals surface area contributed by atoms with Gasteiger partial charge in [-0.2, -0.15) is 5.26 Å². The van der Waals surface area contributed by atoms with Gasteiger partial charge in [0.1, 0.15) is 11.9 Å². The van der Waals surface area contributed by atoms with E-state index in [9.17, 15) is 29.5 Å². The van der Waals surface area contributed by atoms with Gasteiger partial charge in [-0.25, -0.2) is 4.39 Å². The first-order chi connectivity index (χ1) is 17.4. The second-order valence-corrected chi connectivity index (χ2v) is 10.0. The summed E-state index contributed by atoms with van der Waals surface area (Å²) < 4.78 is 13.6. The molecule has 3 heterocycles. The summed E-state index contributed by atoms with van der Waals surface area (Å²) in [7, 11) is 0. The number of nitrogens with one attached hydrogen (secondary N) is 1. The largest absolute Gasteiger partial charge is 0.380 e. The molecule has 2 fully saturated rings. The number of nitrogens with zero attached hydrogens (tertiary/aromatic N) is 3. The quantitative estimate of drug-likeness (QED) is 0.567. The molecule has 2 amide bonds. The highest BCUT2D eigenvalue weighted by atomic mass is 19.1. The molecule has 3 N–H and O–H groups in total. The first-order valence-electron chi connectivity index (χ1n) is 12.3. The van der Waals surface area contributed by atoms with E-state index in [4.69, 9.17) is 0 Å². The molecule has 2 aromatic rings. The number of halogens is 1. The van der Waals surface area contributed by atoms with Crippen LogP contribution in [0.25, 0.3) is 0 Å². The molecule has 2 saturated heterocycles. The van der Waals surface area contributed by atoms with E-state index in [0.717, 1.165) is 42.5 Å². The van der Waals surface area contributed by atoms with Crippen molar-refractivity contribution in [3.8, 4) is 6.07 Å². The van der Waals surface area contributed by atoms with Crippen LogP contribution in [0.2, 0.25) is 0 Å². The molecule has 0 aromatic heterocycles. The van der Waals surface area contributed by atoms with E-state index in [1.54, 1.807) is 6.07 Å². The lowest BCUT2D eigenvalue weighted by atomic mass is 9.89. The number of carbonyl (C=O) groups is 2. The normalized spacial score (nSPS) is 24.1. The summed E-state index contributed by atoms with van der Waals surface area (Å²) in [5.41, 5.74) is 3.04. The summed E-state index contributed by atoms with van der Waals surface area (Å²) in [6.07, 6.45) is -0.224. The van der Waals surface area contributed by atoms with Gasteiger partial charge in [-0.05, 0) is 60.9 Å². The number of fused-ring (bicyclic) bond motifs is 3. The number of piperidine rings is 1. The third-order valence-electron chi connectivity index (χ3n) is 7.73. The molecule has 0 radical (unpaired) electrons. The van der Waals surface area contributed by atoms with Crippen molar-refractivity contribution in [1.29, 1.82) is 5.26 Å². The molecule has 8 nitrogen and oxygen atoms in total. The maximum Gasteiger partial charge on any atom is 0.255 e. The fraction of sp³-hybridized carbons (Fsp3) is 0.444. The number of aliphatic hydroxyl groups is 2.